The van der Waals surface area contributed by atoms with E-state index in [0.29, 0.717) is 13.0 Å². The van der Waals surface area contributed by atoms with Crippen LogP contribution in [0.1, 0.15) is 5.56 Å². The molecule has 0 aliphatic heterocycles. The van der Waals surface area contributed by atoms with Crippen LogP contribution in [0.3, 0.4) is 0 Å². The second-order valence-corrected chi connectivity index (χ2v) is 3.45. The Labute approximate surface area is 93.9 Å². The first-order chi connectivity index (χ1) is 7.90. The van der Waals surface area contributed by atoms with Crippen molar-refractivity contribution in [3.63, 3.8) is 0 Å². The molecule has 0 aliphatic rings. The van der Waals surface area contributed by atoms with E-state index in [-0.39, 0.29) is 0 Å². The molecule has 1 aromatic carbocycles. The van der Waals surface area contributed by atoms with E-state index in [1.165, 1.54) is 0 Å². The highest BCUT2D eigenvalue weighted by atomic mass is 16.1. The molecule has 0 unspecified atom stereocenters. The van der Waals surface area contributed by atoms with Crippen molar-refractivity contribution in [3.8, 4) is 5.69 Å². The molecular formula is C12H13N3O. The van der Waals surface area contributed by atoms with Crippen molar-refractivity contribution in [2.24, 2.45) is 0 Å². The normalized spacial score (nSPS) is 10.0. The first-order valence-electron chi connectivity index (χ1n) is 5.16. The van der Waals surface area contributed by atoms with Gasteiger partial charge in [-0.3, -0.25) is 4.79 Å². The number of nitrogens with one attached hydrogen (secondary N) is 1. The number of carbonyl (C=O) groups is 1. The van der Waals surface area contributed by atoms with E-state index in [4.69, 9.17) is 0 Å². The SMILES string of the molecule is O=CNCCc1cnn(-c2ccccc2)c1. The Balaban J connectivity index is 2.05. The van der Waals surface area contributed by atoms with Gasteiger partial charge in [-0.25, -0.2) is 4.68 Å². The topological polar surface area (TPSA) is 46.9 Å². The minimum atomic E-state index is 0.643. The van der Waals surface area contributed by atoms with Crippen molar-refractivity contribution in [2.45, 2.75) is 6.42 Å². The van der Waals surface area contributed by atoms with Crippen LogP contribution in [0.25, 0.3) is 5.69 Å². The number of para-hydroxylation sites is 1. The average Bonchev–Trinajstić information content (AvgIpc) is 2.79. The minimum absolute atomic E-state index is 0.643. The lowest BCUT2D eigenvalue weighted by Gasteiger charge is -1.99. The first-order valence-corrected chi connectivity index (χ1v) is 5.16. The van der Waals surface area contributed by atoms with Crippen molar-refractivity contribution in [2.75, 3.05) is 6.54 Å². The number of amides is 1. The van der Waals surface area contributed by atoms with Crippen molar-refractivity contribution >= 4 is 6.41 Å². The van der Waals surface area contributed by atoms with Crippen LogP contribution in [-0.4, -0.2) is 22.7 Å². The molecule has 4 nitrogen and oxygen atoms in total. The van der Waals surface area contributed by atoms with Crippen LogP contribution in [0.15, 0.2) is 42.7 Å². The van der Waals surface area contributed by atoms with E-state index < -0.39 is 0 Å². The van der Waals surface area contributed by atoms with Gasteiger partial charge in [0.2, 0.25) is 6.41 Å². The summed E-state index contributed by atoms with van der Waals surface area (Å²) >= 11 is 0. The maximum Gasteiger partial charge on any atom is 0.207 e. The van der Waals surface area contributed by atoms with Gasteiger partial charge in [-0.05, 0) is 24.1 Å². The van der Waals surface area contributed by atoms with E-state index in [0.717, 1.165) is 17.7 Å². The second kappa shape index (κ2) is 5.11. The highest BCUT2D eigenvalue weighted by Crippen LogP contribution is 2.07. The van der Waals surface area contributed by atoms with Crippen molar-refractivity contribution in [3.05, 3.63) is 48.3 Å². The van der Waals surface area contributed by atoms with Crippen LogP contribution in [0.2, 0.25) is 0 Å². The number of aromatic nitrogens is 2. The number of hydrogen-bond donors (Lipinski definition) is 1. The fraction of sp³-hybridized carbons (Fsp3) is 0.167. The van der Waals surface area contributed by atoms with Crippen LogP contribution in [0, 0.1) is 0 Å². The summed E-state index contributed by atoms with van der Waals surface area (Å²) in [6, 6.07) is 9.93. The number of carbonyl (C=O) groups excluding carboxylic acids is 1. The second-order valence-electron chi connectivity index (χ2n) is 3.45. The zero-order valence-electron chi connectivity index (χ0n) is 8.84. The van der Waals surface area contributed by atoms with Crippen LogP contribution < -0.4 is 5.32 Å². The Morgan fingerprint density at radius 3 is 2.88 bits per heavy atom. The Hall–Kier alpha value is -2.10. The molecule has 0 radical (unpaired) electrons. The summed E-state index contributed by atoms with van der Waals surface area (Å²) < 4.78 is 1.83. The number of rotatable bonds is 5. The quantitative estimate of drug-likeness (QED) is 0.601. The third-order valence-corrected chi connectivity index (χ3v) is 2.30. The molecule has 16 heavy (non-hydrogen) atoms. The zero-order valence-corrected chi connectivity index (χ0v) is 8.84. The fourth-order valence-electron chi connectivity index (χ4n) is 1.49. The highest BCUT2D eigenvalue weighted by Gasteiger charge is 1.99. The summed E-state index contributed by atoms with van der Waals surface area (Å²) in [6.07, 6.45) is 5.30. The molecule has 2 rings (SSSR count). The van der Waals surface area contributed by atoms with Gasteiger partial charge < -0.3 is 5.32 Å². The molecule has 0 fully saturated rings. The highest BCUT2D eigenvalue weighted by molar-refractivity contribution is 5.45. The monoisotopic (exact) mass is 215 g/mol. The van der Waals surface area contributed by atoms with E-state index in [9.17, 15) is 4.79 Å². The molecule has 0 aliphatic carbocycles. The van der Waals surface area contributed by atoms with Gasteiger partial charge in [-0.1, -0.05) is 18.2 Å². The van der Waals surface area contributed by atoms with Gasteiger partial charge in [0.1, 0.15) is 0 Å². The van der Waals surface area contributed by atoms with Crippen molar-refractivity contribution in [1.29, 1.82) is 0 Å². The van der Waals surface area contributed by atoms with Gasteiger partial charge >= 0.3 is 0 Å². The summed E-state index contributed by atoms with van der Waals surface area (Å²) in [6.45, 7) is 0.643. The molecule has 1 amide bonds. The summed E-state index contributed by atoms with van der Waals surface area (Å²) in [4.78, 5) is 10.1. The molecule has 0 atom stereocenters. The Morgan fingerprint density at radius 1 is 1.31 bits per heavy atom. The van der Waals surface area contributed by atoms with Crippen LogP contribution in [-0.2, 0) is 11.2 Å². The Kier molecular flexibility index (Phi) is 3.33. The summed E-state index contributed by atoms with van der Waals surface area (Å²) in [5.41, 5.74) is 2.15. The van der Waals surface area contributed by atoms with Gasteiger partial charge in [-0.2, -0.15) is 5.10 Å². The summed E-state index contributed by atoms with van der Waals surface area (Å²) in [7, 11) is 0. The first kappa shape index (κ1) is 10.4. The molecule has 1 heterocycles. The molecule has 82 valence electrons. The number of benzene rings is 1. The van der Waals surface area contributed by atoms with E-state index in [1.807, 2.05) is 47.4 Å². The fourth-order valence-corrected chi connectivity index (χ4v) is 1.49. The summed E-state index contributed by atoms with van der Waals surface area (Å²) in [5, 5.41) is 6.89. The molecule has 1 aromatic heterocycles. The lowest BCUT2D eigenvalue weighted by molar-refractivity contribution is -0.109. The van der Waals surface area contributed by atoms with Crippen LogP contribution in [0.4, 0.5) is 0 Å². The van der Waals surface area contributed by atoms with Gasteiger partial charge in [0.15, 0.2) is 0 Å². The molecule has 1 N–H and O–H groups in total. The molecule has 0 spiro atoms. The maximum atomic E-state index is 10.1. The Bertz CT molecular complexity index is 450. The predicted molar refractivity (Wildman–Crippen MR) is 61.3 cm³/mol. The summed E-state index contributed by atoms with van der Waals surface area (Å²) in [5.74, 6) is 0. The Morgan fingerprint density at radius 2 is 2.12 bits per heavy atom. The van der Waals surface area contributed by atoms with Crippen LogP contribution >= 0.6 is 0 Å². The largest absolute Gasteiger partial charge is 0.358 e. The molecular weight excluding hydrogens is 202 g/mol. The van der Waals surface area contributed by atoms with E-state index >= 15 is 0 Å². The molecule has 2 aromatic rings. The molecule has 0 saturated heterocycles. The predicted octanol–water partition coefficient (Wildman–Crippen LogP) is 1.16. The third kappa shape index (κ3) is 2.48. The van der Waals surface area contributed by atoms with E-state index in [2.05, 4.69) is 10.4 Å². The van der Waals surface area contributed by atoms with Gasteiger partial charge in [0.25, 0.3) is 0 Å². The third-order valence-electron chi connectivity index (χ3n) is 2.30. The van der Waals surface area contributed by atoms with Gasteiger partial charge in [0, 0.05) is 12.7 Å². The van der Waals surface area contributed by atoms with Crippen LogP contribution in [0.5, 0.6) is 0 Å². The molecule has 0 saturated carbocycles. The molecule has 0 bridgehead atoms. The van der Waals surface area contributed by atoms with Crippen molar-refractivity contribution in [1.82, 2.24) is 15.1 Å². The van der Waals surface area contributed by atoms with Gasteiger partial charge in [0.05, 0.1) is 11.9 Å². The number of hydrogen-bond acceptors (Lipinski definition) is 2. The average molecular weight is 215 g/mol. The zero-order chi connectivity index (χ0) is 11.2. The van der Waals surface area contributed by atoms with E-state index in [1.54, 1.807) is 0 Å². The maximum absolute atomic E-state index is 10.1. The standard InChI is InChI=1S/C12H13N3O/c16-10-13-7-6-11-8-14-15(9-11)12-4-2-1-3-5-12/h1-5,8-10H,6-7H2,(H,13,16). The van der Waals surface area contributed by atoms with Gasteiger partial charge in [-0.15, -0.1) is 0 Å². The smallest absolute Gasteiger partial charge is 0.207 e. The minimum Gasteiger partial charge on any atom is -0.358 e. The lowest BCUT2D eigenvalue weighted by atomic mass is 10.2. The lowest BCUT2D eigenvalue weighted by Crippen LogP contribution is -2.13. The van der Waals surface area contributed by atoms with Crippen molar-refractivity contribution < 1.29 is 4.79 Å². The molecule has 4 heteroatoms. The number of nitrogens with zero attached hydrogens (tertiary/aromatic N) is 2.